The van der Waals surface area contributed by atoms with Gasteiger partial charge in [0.1, 0.15) is 10.6 Å². The second-order valence-corrected chi connectivity index (χ2v) is 4.66. The van der Waals surface area contributed by atoms with Crippen LogP contribution in [0, 0.1) is 10.1 Å². The standard InChI is InChI=1S/C12H9NO6S/c1-18-7-2-3-8(13(16)17)9(6-7)19-11-5-4-10(20-11)12(14)15/h2-6H,1H3,(H,14,15). The first-order chi connectivity index (χ1) is 9.51. The number of carbonyl (C=O) groups is 1. The van der Waals surface area contributed by atoms with Crippen molar-refractivity contribution in [1.29, 1.82) is 0 Å². The number of hydrogen-bond donors (Lipinski definition) is 1. The van der Waals surface area contributed by atoms with Gasteiger partial charge in [-0.1, -0.05) is 11.3 Å². The Morgan fingerprint density at radius 3 is 2.65 bits per heavy atom. The molecule has 0 amide bonds. The smallest absolute Gasteiger partial charge is 0.345 e. The number of thiophene rings is 1. The maximum absolute atomic E-state index is 10.9. The van der Waals surface area contributed by atoms with E-state index in [1.165, 1.54) is 37.4 Å². The highest BCUT2D eigenvalue weighted by Crippen LogP contribution is 2.37. The van der Waals surface area contributed by atoms with Gasteiger partial charge in [-0.3, -0.25) is 10.1 Å². The molecule has 0 aliphatic carbocycles. The molecule has 1 aromatic heterocycles. The largest absolute Gasteiger partial charge is 0.497 e. The third-order valence-electron chi connectivity index (χ3n) is 2.37. The maximum atomic E-state index is 10.9. The van der Waals surface area contributed by atoms with Gasteiger partial charge in [0.05, 0.1) is 12.0 Å². The molecule has 0 aliphatic rings. The molecule has 0 spiro atoms. The van der Waals surface area contributed by atoms with Crippen LogP contribution in [0.1, 0.15) is 9.67 Å². The van der Waals surface area contributed by atoms with Crippen molar-refractivity contribution < 1.29 is 24.3 Å². The van der Waals surface area contributed by atoms with E-state index in [4.69, 9.17) is 14.6 Å². The van der Waals surface area contributed by atoms with Crippen LogP contribution in [0.25, 0.3) is 0 Å². The second-order valence-electron chi connectivity index (χ2n) is 3.62. The molecule has 0 saturated heterocycles. The van der Waals surface area contributed by atoms with Crippen molar-refractivity contribution in [1.82, 2.24) is 0 Å². The molecule has 1 heterocycles. The number of nitro benzene ring substituents is 1. The first-order valence-corrected chi connectivity index (χ1v) is 6.16. The quantitative estimate of drug-likeness (QED) is 0.672. The summed E-state index contributed by atoms with van der Waals surface area (Å²) in [5, 5.41) is 20.0. The van der Waals surface area contributed by atoms with Crippen LogP contribution in [0.4, 0.5) is 5.69 Å². The molecule has 104 valence electrons. The number of rotatable bonds is 5. The van der Waals surface area contributed by atoms with Crippen molar-refractivity contribution in [3.8, 4) is 16.6 Å². The zero-order chi connectivity index (χ0) is 14.7. The molecule has 0 unspecified atom stereocenters. The fourth-order valence-electron chi connectivity index (χ4n) is 1.45. The number of carboxylic acid groups (broad SMARTS) is 1. The van der Waals surface area contributed by atoms with Gasteiger partial charge in [-0.25, -0.2) is 4.79 Å². The molecule has 0 saturated carbocycles. The van der Waals surface area contributed by atoms with Crippen molar-refractivity contribution >= 4 is 23.0 Å². The molecular weight excluding hydrogens is 286 g/mol. The average Bonchev–Trinajstić information content (AvgIpc) is 2.87. The lowest BCUT2D eigenvalue weighted by atomic mass is 10.3. The number of methoxy groups -OCH3 is 1. The van der Waals surface area contributed by atoms with Gasteiger partial charge in [0.25, 0.3) is 0 Å². The Labute approximate surface area is 117 Å². The number of hydrogen-bond acceptors (Lipinski definition) is 6. The van der Waals surface area contributed by atoms with Gasteiger partial charge in [0, 0.05) is 12.1 Å². The molecule has 0 bridgehead atoms. The van der Waals surface area contributed by atoms with E-state index in [1.54, 1.807) is 0 Å². The highest BCUT2D eigenvalue weighted by molar-refractivity contribution is 7.15. The van der Waals surface area contributed by atoms with E-state index in [0.717, 1.165) is 11.3 Å². The van der Waals surface area contributed by atoms with Crippen LogP contribution in [0.15, 0.2) is 30.3 Å². The molecule has 0 aliphatic heterocycles. The van der Waals surface area contributed by atoms with Crippen LogP contribution in [-0.4, -0.2) is 23.1 Å². The minimum absolute atomic E-state index is 0.00635. The molecule has 0 radical (unpaired) electrons. The Hall–Kier alpha value is -2.61. The Morgan fingerprint density at radius 2 is 2.10 bits per heavy atom. The lowest BCUT2D eigenvalue weighted by molar-refractivity contribution is -0.385. The fourth-order valence-corrected chi connectivity index (χ4v) is 2.16. The summed E-state index contributed by atoms with van der Waals surface area (Å²) >= 11 is 0.885. The highest BCUT2D eigenvalue weighted by Gasteiger charge is 2.18. The first kappa shape index (κ1) is 13.8. The molecular formula is C12H9NO6S. The summed E-state index contributed by atoms with van der Waals surface area (Å²) in [4.78, 5) is 21.2. The van der Waals surface area contributed by atoms with Gasteiger partial charge in [-0.05, 0) is 18.2 Å². The lowest BCUT2D eigenvalue weighted by Crippen LogP contribution is -1.94. The number of carboxylic acids is 1. The number of aromatic carboxylic acids is 1. The van der Waals surface area contributed by atoms with Crippen molar-refractivity contribution in [3.05, 3.63) is 45.3 Å². The van der Waals surface area contributed by atoms with E-state index in [1.807, 2.05) is 0 Å². The number of benzene rings is 1. The van der Waals surface area contributed by atoms with Crippen molar-refractivity contribution in [3.63, 3.8) is 0 Å². The summed E-state index contributed by atoms with van der Waals surface area (Å²) in [5.74, 6) is -0.682. The second kappa shape index (κ2) is 5.57. The summed E-state index contributed by atoms with van der Waals surface area (Å²) in [6.07, 6.45) is 0. The van der Waals surface area contributed by atoms with Crippen LogP contribution >= 0.6 is 11.3 Å². The number of nitrogens with zero attached hydrogens (tertiary/aromatic N) is 1. The zero-order valence-corrected chi connectivity index (χ0v) is 11.0. The third kappa shape index (κ3) is 2.86. The Bertz CT molecular complexity index is 666. The number of nitro groups is 1. The lowest BCUT2D eigenvalue weighted by Gasteiger charge is -2.06. The predicted molar refractivity (Wildman–Crippen MR) is 71.0 cm³/mol. The topological polar surface area (TPSA) is 98.9 Å². The van der Waals surface area contributed by atoms with E-state index >= 15 is 0 Å². The van der Waals surface area contributed by atoms with Gasteiger partial charge < -0.3 is 14.6 Å². The molecule has 0 fully saturated rings. The van der Waals surface area contributed by atoms with Gasteiger partial charge in [-0.15, -0.1) is 0 Å². The Morgan fingerprint density at radius 1 is 1.35 bits per heavy atom. The minimum Gasteiger partial charge on any atom is -0.497 e. The fraction of sp³-hybridized carbons (Fsp3) is 0.0833. The first-order valence-electron chi connectivity index (χ1n) is 5.34. The SMILES string of the molecule is COc1ccc([N+](=O)[O-])c(Oc2ccc(C(=O)O)s2)c1. The van der Waals surface area contributed by atoms with Crippen LogP contribution in [0.2, 0.25) is 0 Å². The minimum atomic E-state index is -1.08. The molecule has 8 heteroatoms. The molecule has 2 aromatic rings. The van der Waals surface area contributed by atoms with Gasteiger partial charge in [0.2, 0.25) is 5.75 Å². The number of ether oxygens (including phenoxy) is 2. The van der Waals surface area contributed by atoms with Crippen LogP contribution in [-0.2, 0) is 0 Å². The van der Waals surface area contributed by atoms with Crippen molar-refractivity contribution in [2.24, 2.45) is 0 Å². The summed E-state index contributed by atoms with van der Waals surface area (Å²) in [7, 11) is 1.43. The third-order valence-corrected chi connectivity index (χ3v) is 3.32. The highest BCUT2D eigenvalue weighted by atomic mass is 32.1. The average molecular weight is 295 g/mol. The van der Waals surface area contributed by atoms with Gasteiger partial charge in [0.15, 0.2) is 5.06 Å². The molecule has 1 N–H and O–H groups in total. The summed E-state index contributed by atoms with van der Waals surface area (Å²) in [6, 6.07) is 6.89. The van der Waals surface area contributed by atoms with Crippen LogP contribution in [0.5, 0.6) is 16.6 Å². The van der Waals surface area contributed by atoms with Crippen LogP contribution < -0.4 is 9.47 Å². The van der Waals surface area contributed by atoms with Crippen molar-refractivity contribution in [2.75, 3.05) is 7.11 Å². The zero-order valence-electron chi connectivity index (χ0n) is 10.2. The normalized spacial score (nSPS) is 10.1. The summed E-state index contributed by atoms with van der Waals surface area (Å²) < 4.78 is 10.4. The Balaban J connectivity index is 2.35. The maximum Gasteiger partial charge on any atom is 0.345 e. The summed E-state index contributed by atoms with van der Waals surface area (Å²) in [5.41, 5.74) is -0.226. The van der Waals surface area contributed by atoms with E-state index in [2.05, 4.69) is 0 Å². The summed E-state index contributed by atoms with van der Waals surface area (Å²) in [6.45, 7) is 0. The molecule has 7 nitrogen and oxygen atoms in total. The van der Waals surface area contributed by atoms with Gasteiger partial charge >= 0.3 is 11.7 Å². The molecule has 0 atom stereocenters. The van der Waals surface area contributed by atoms with E-state index in [9.17, 15) is 14.9 Å². The van der Waals surface area contributed by atoms with E-state index < -0.39 is 10.9 Å². The Kier molecular flexibility index (Phi) is 3.85. The monoisotopic (exact) mass is 295 g/mol. The molecule has 1 aromatic carbocycles. The van der Waals surface area contributed by atoms with E-state index in [0.29, 0.717) is 5.75 Å². The predicted octanol–water partition coefficient (Wildman–Crippen LogP) is 3.16. The van der Waals surface area contributed by atoms with Crippen LogP contribution in [0.3, 0.4) is 0 Å². The van der Waals surface area contributed by atoms with Crippen molar-refractivity contribution in [2.45, 2.75) is 0 Å². The van der Waals surface area contributed by atoms with E-state index in [-0.39, 0.29) is 21.4 Å². The molecule has 20 heavy (non-hydrogen) atoms. The van der Waals surface area contributed by atoms with Gasteiger partial charge in [-0.2, -0.15) is 0 Å². The molecule has 2 rings (SSSR count).